The maximum atomic E-state index is 12.9. The van der Waals surface area contributed by atoms with Crippen molar-refractivity contribution in [2.24, 2.45) is 11.8 Å². The van der Waals surface area contributed by atoms with Crippen LogP contribution < -0.4 is 0 Å². The Labute approximate surface area is 159 Å². The first-order valence-electron chi connectivity index (χ1n) is 9.57. The summed E-state index contributed by atoms with van der Waals surface area (Å²) in [5.74, 6) is 0.874. The molecule has 2 fully saturated rings. The van der Waals surface area contributed by atoms with Crippen LogP contribution in [-0.4, -0.2) is 49.7 Å². The summed E-state index contributed by atoms with van der Waals surface area (Å²) in [6.07, 6.45) is 8.37. The van der Waals surface area contributed by atoms with Crippen LogP contribution >= 0.6 is 11.3 Å². The van der Waals surface area contributed by atoms with Crippen LogP contribution in [0, 0.1) is 11.8 Å². The molecule has 2 saturated heterocycles. The van der Waals surface area contributed by atoms with Gasteiger partial charge in [-0.25, -0.2) is 8.42 Å². The summed E-state index contributed by atoms with van der Waals surface area (Å²) in [4.78, 5) is 15.0. The van der Waals surface area contributed by atoms with Gasteiger partial charge in [0.15, 0.2) is 0 Å². The van der Waals surface area contributed by atoms with Gasteiger partial charge in [-0.1, -0.05) is 17.7 Å². The summed E-state index contributed by atoms with van der Waals surface area (Å²) < 4.78 is 27.2. The zero-order valence-corrected chi connectivity index (χ0v) is 16.6. The average molecular weight is 395 g/mol. The highest BCUT2D eigenvalue weighted by molar-refractivity contribution is 7.91. The van der Waals surface area contributed by atoms with Crippen LogP contribution in [0.1, 0.15) is 38.5 Å². The van der Waals surface area contributed by atoms with Gasteiger partial charge >= 0.3 is 0 Å². The number of hydrogen-bond donors (Lipinski definition) is 0. The quantitative estimate of drug-likeness (QED) is 0.740. The molecule has 5 nitrogen and oxygen atoms in total. The highest BCUT2D eigenvalue weighted by Gasteiger charge is 2.36. The topological polar surface area (TPSA) is 57.7 Å². The molecule has 2 aliphatic heterocycles. The number of hydrogen-bond acceptors (Lipinski definition) is 4. The molecular weight excluding hydrogens is 368 g/mol. The third kappa shape index (κ3) is 3.49. The fraction of sp³-hybridized carbons (Fsp3) is 0.632. The number of amides is 1. The molecule has 0 N–H and O–H groups in total. The van der Waals surface area contributed by atoms with Crippen molar-refractivity contribution in [2.75, 3.05) is 26.2 Å². The van der Waals surface area contributed by atoms with Crippen molar-refractivity contribution >= 4 is 27.3 Å². The van der Waals surface area contributed by atoms with Crippen LogP contribution in [0.25, 0.3) is 0 Å². The Kier molecular flexibility index (Phi) is 5.21. The molecule has 1 atom stereocenters. The van der Waals surface area contributed by atoms with E-state index >= 15 is 0 Å². The Morgan fingerprint density at radius 3 is 2.65 bits per heavy atom. The number of carbonyl (C=O) groups is 1. The van der Waals surface area contributed by atoms with Crippen molar-refractivity contribution in [1.82, 2.24) is 9.21 Å². The van der Waals surface area contributed by atoms with Crippen LogP contribution in [0.2, 0.25) is 0 Å². The second-order valence-corrected chi connectivity index (χ2v) is 10.7. The molecule has 0 saturated carbocycles. The second kappa shape index (κ2) is 7.44. The molecule has 1 aromatic heterocycles. The molecule has 3 heterocycles. The van der Waals surface area contributed by atoms with Gasteiger partial charge in [0.1, 0.15) is 4.21 Å². The van der Waals surface area contributed by atoms with Gasteiger partial charge in [0.25, 0.3) is 10.0 Å². The van der Waals surface area contributed by atoms with Crippen LogP contribution in [0.3, 0.4) is 0 Å². The highest BCUT2D eigenvalue weighted by Crippen LogP contribution is 2.33. The van der Waals surface area contributed by atoms with E-state index in [2.05, 4.69) is 6.08 Å². The van der Waals surface area contributed by atoms with E-state index in [9.17, 15) is 13.2 Å². The molecule has 3 aliphatic rings. The number of carbonyl (C=O) groups excluding carboxylic acids is 1. The standard InChI is InChI=1S/C19H26N2O3S2/c22-19(20-10-7-15-4-1-2-5-17(15)14-20)16-8-11-21(12-9-16)26(23,24)18-6-3-13-25-18/h3,5-6,13,15-16H,1-2,4,7-12,14H2. The van der Waals surface area contributed by atoms with E-state index in [1.807, 2.05) is 4.90 Å². The Balaban J connectivity index is 1.36. The molecule has 1 amide bonds. The Bertz CT molecular complexity index is 778. The molecule has 7 heteroatoms. The van der Waals surface area contributed by atoms with Crippen molar-refractivity contribution in [1.29, 1.82) is 0 Å². The molecule has 1 aliphatic carbocycles. The summed E-state index contributed by atoms with van der Waals surface area (Å²) in [7, 11) is -3.39. The Morgan fingerprint density at radius 1 is 1.12 bits per heavy atom. The summed E-state index contributed by atoms with van der Waals surface area (Å²) in [6.45, 7) is 2.53. The molecular formula is C19H26N2O3S2. The number of thiophene rings is 1. The highest BCUT2D eigenvalue weighted by atomic mass is 32.2. The van der Waals surface area contributed by atoms with Crippen LogP contribution in [0.15, 0.2) is 33.4 Å². The lowest BCUT2D eigenvalue weighted by atomic mass is 9.82. The van der Waals surface area contributed by atoms with Gasteiger partial charge in [0, 0.05) is 32.1 Å². The van der Waals surface area contributed by atoms with Crippen LogP contribution in [0.5, 0.6) is 0 Å². The second-order valence-electron chi connectivity index (χ2n) is 7.57. The number of nitrogens with zero attached hydrogens (tertiary/aromatic N) is 2. The summed E-state index contributed by atoms with van der Waals surface area (Å²) in [6, 6.07) is 3.41. The minimum Gasteiger partial charge on any atom is -0.338 e. The Hall–Kier alpha value is -1.18. The average Bonchev–Trinajstić information content (AvgIpc) is 3.23. The number of piperidine rings is 2. The minimum atomic E-state index is -3.39. The van der Waals surface area contributed by atoms with Crippen molar-refractivity contribution < 1.29 is 13.2 Å². The van der Waals surface area contributed by atoms with E-state index < -0.39 is 10.0 Å². The van der Waals surface area contributed by atoms with Gasteiger partial charge in [-0.2, -0.15) is 4.31 Å². The zero-order valence-electron chi connectivity index (χ0n) is 15.0. The monoisotopic (exact) mass is 394 g/mol. The first-order chi connectivity index (χ1) is 12.6. The fourth-order valence-corrected chi connectivity index (χ4v) is 7.08. The molecule has 4 rings (SSSR count). The van der Waals surface area contributed by atoms with E-state index in [0.717, 1.165) is 25.9 Å². The molecule has 0 aromatic carbocycles. The first kappa shape index (κ1) is 18.2. The van der Waals surface area contributed by atoms with Crippen molar-refractivity contribution in [2.45, 2.75) is 42.7 Å². The van der Waals surface area contributed by atoms with E-state index in [-0.39, 0.29) is 11.8 Å². The lowest BCUT2D eigenvalue weighted by Crippen LogP contribution is -2.47. The van der Waals surface area contributed by atoms with Gasteiger partial charge in [-0.3, -0.25) is 4.79 Å². The van der Waals surface area contributed by atoms with Crippen molar-refractivity contribution in [3.8, 4) is 0 Å². The number of likely N-dealkylation sites (tertiary alicyclic amines) is 1. The SMILES string of the molecule is O=C(C1CCN(S(=O)(=O)c2cccs2)CC1)N1CCC2CCCC=C2C1. The van der Waals surface area contributed by atoms with Gasteiger partial charge < -0.3 is 4.90 Å². The lowest BCUT2D eigenvalue weighted by Gasteiger charge is -2.39. The number of rotatable bonds is 3. The molecule has 0 spiro atoms. The zero-order chi connectivity index (χ0) is 18.1. The van der Waals surface area contributed by atoms with Gasteiger partial charge in [0.2, 0.25) is 5.91 Å². The van der Waals surface area contributed by atoms with Gasteiger partial charge in [-0.05, 0) is 55.9 Å². The van der Waals surface area contributed by atoms with E-state index in [1.54, 1.807) is 21.8 Å². The predicted molar refractivity (Wildman–Crippen MR) is 102 cm³/mol. The number of allylic oxidation sites excluding steroid dienone is 1. The summed E-state index contributed by atoms with van der Waals surface area (Å²) >= 11 is 1.25. The minimum absolute atomic E-state index is 0.0365. The Morgan fingerprint density at radius 2 is 1.92 bits per heavy atom. The van der Waals surface area contributed by atoms with Crippen molar-refractivity contribution in [3.05, 3.63) is 29.2 Å². The van der Waals surface area contributed by atoms with E-state index in [0.29, 0.717) is 36.1 Å². The largest absolute Gasteiger partial charge is 0.338 e. The maximum Gasteiger partial charge on any atom is 0.252 e. The number of fused-ring (bicyclic) bond motifs is 1. The van der Waals surface area contributed by atoms with Gasteiger partial charge in [-0.15, -0.1) is 11.3 Å². The smallest absolute Gasteiger partial charge is 0.252 e. The van der Waals surface area contributed by atoms with Crippen LogP contribution in [0.4, 0.5) is 0 Å². The summed E-state index contributed by atoms with van der Waals surface area (Å²) in [5.41, 5.74) is 1.45. The van der Waals surface area contributed by atoms with E-state index in [1.165, 1.54) is 29.8 Å². The molecule has 0 radical (unpaired) electrons. The number of sulfonamides is 1. The maximum absolute atomic E-state index is 12.9. The van der Waals surface area contributed by atoms with Crippen LogP contribution in [-0.2, 0) is 14.8 Å². The molecule has 142 valence electrons. The molecule has 1 unspecified atom stereocenters. The third-order valence-electron chi connectivity index (χ3n) is 6.01. The third-order valence-corrected chi connectivity index (χ3v) is 9.28. The fourth-order valence-electron chi connectivity index (χ4n) is 4.47. The molecule has 0 bridgehead atoms. The first-order valence-corrected chi connectivity index (χ1v) is 11.9. The van der Waals surface area contributed by atoms with Gasteiger partial charge in [0.05, 0.1) is 0 Å². The lowest BCUT2D eigenvalue weighted by molar-refractivity contribution is -0.137. The van der Waals surface area contributed by atoms with E-state index in [4.69, 9.17) is 0 Å². The summed E-state index contributed by atoms with van der Waals surface area (Å²) in [5, 5.41) is 1.78. The predicted octanol–water partition coefficient (Wildman–Crippen LogP) is 3.11. The van der Waals surface area contributed by atoms with Crippen molar-refractivity contribution in [3.63, 3.8) is 0 Å². The molecule has 26 heavy (non-hydrogen) atoms. The normalized spacial score (nSPS) is 25.6. The molecule has 1 aromatic rings.